The Hall–Kier alpha value is -1.14. The zero-order valence-corrected chi connectivity index (χ0v) is 10.5. The Morgan fingerprint density at radius 3 is 2.88 bits per heavy atom. The van der Waals surface area contributed by atoms with Crippen LogP contribution in [0.3, 0.4) is 0 Å². The number of hydrogen-bond donors (Lipinski definition) is 1. The minimum Gasteiger partial charge on any atom is -0.464 e. The minimum atomic E-state index is -0.390. The summed E-state index contributed by atoms with van der Waals surface area (Å²) in [6.07, 6.45) is 0.905. The maximum atomic E-state index is 11.3. The summed E-state index contributed by atoms with van der Waals surface area (Å²) in [7, 11) is 3.02. The second-order valence-electron chi connectivity index (χ2n) is 3.19. The molecule has 0 spiro atoms. The predicted octanol–water partition coefficient (Wildman–Crippen LogP) is 1.69. The first-order valence-corrected chi connectivity index (χ1v) is 5.79. The lowest BCUT2D eigenvalue weighted by Crippen LogP contribution is -2.06. The third-order valence-corrected chi connectivity index (χ3v) is 2.91. The summed E-state index contributed by atoms with van der Waals surface area (Å²) in [5.41, 5.74) is 0.391. The predicted molar refractivity (Wildman–Crippen MR) is 63.2 cm³/mol. The molecule has 0 unspecified atom stereocenters. The molecule has 0 aromatic carbocycles. The van der Waals surface area contributed by atoms with E-state index < -0.39 is 5.97 Å². The lowest BCUT2D eigenvalue weighted by atomic mass is 10.4. The van der Waals surface area contributed by atoms with E-state index in [4.69, 9.17) is 4.74 Å². The number of rotatable bonds is 6. The number of hydrogen-bond acceptors (Lipinski definition) is 6. The maximum absolute atomic E-state index is 11.3. The largest absolute Gasteiger partial charge is 0.464 e. The van der Waals surface area contributed by atoms with Gasteiger partial charge in [0.25, 0.3) is 0 Å². The van der Waals surface area contributed by atoms with Gasteiger partial charge in [-0.15, -0.1) is 11.3 Å². The van der Waals surface area contributed by atoms with Gasteiger partial charge in [0.2, 0.25) is 0 Å². The molecule has 1 aromatic heterocycles. The van der Waals surface area contributed by atoms with Crippen molar-refractivity contribution in [1.29, 1.82) is 0 Å². The van der Waals surface area contributed by atoms with Gasteiger partial charge in [0, 0.05) is 25.1 Å². The van der Waals surface area contributed by atoms with Gasteiger partial charge in [0.1, 0.15) is 0 Å². The zero-order valence-electron chi connectivity index (χ0n) is 9.70. The number of carbonyl (C=O) groups is 1. The van der Waals surface area contributed by atoms with Crippen LogP contribution >= 0.6 is 11.3 Å². The van der Waals surface area contributed by atoms with Crippen molar-refractivity contribution in [3.8, 4) is 0 Å². The Morgan fingerprint density at radius 1 is 1.50 bits per heavy atom. The Balaban J connectivity index is 2.52. The number of aryl methyl sites for hydroxylation is 1. The number of thiazole rings is 1. The number of esters is 1. The van der Waals surface area contributed by atoms with Gasteiger partial charge in [-0.25, -0.2) is 9.78 Å². The number of carbonyl (C=O) groups excluding carboxylic acids is 1. The van der Waals surface area contributed by atoms with Crippen LogP contribution in [0.4, 0.5) is 5.13 Å². The highest BCUT2D eigenvalue weighted by Crippen LogP contribution is 2.22. The van der Waals surface area contributed by atoms with E-state index in [0.717, 1.165) is 23.0 Å². The van der Waals surface area contributed by atoms with E-state index in [-0.39, 0.29) is 0 Å². The lowest BCUT2D eigenvalue weighted by Gasteiger charge is -2.00. The molecule has 0 fully saturated rings. The van der Waals surface area contributed by atoms with Crippen molar-refractivity contribution >= 4 is 22.4 Å². The molecule has 0 aliphatic rings. The average molecular weight is 244 g/mol. The molecule has 6 heteroatoms. The molecule has 1 rings (SSSR count). The van der Waals surface area contributed by atoms with Crippen molar-refractivity contribution in [3.05, 3.63) is 10.6 Å². The van der Waals surface area contributed by atoms with E-state index in [1.165, 1.54) is 18.4 Å². The fourth-order valence-electron chi connectivity index (χ4n) is 1.17. The van der Waals surface area contributed by atoms with Gasteiger partial charge in [0.05, 0.1) is 7.11 Å². The molecule has 0 aliphatic heterocycles. The first-order chi connectivity index (χ1) is 7.69. The molecule has 0 bridgehead atoms. The number of nitrogens with one attached hydrogen (secondary N) is 1. The molecule has 0 atom stereocenters. The standard InChI is InChI=1S/C10H16N2O3S/c1-7-8(9(13)15-3)12-10(16-7)11-5-4-6-14-2/h4-6H2,1-3H3,(H,11,12). The number of ether oxygens (including phenoxy) is 2. The molecule has 90 valence electrons. The molecular weight excluding hydrogens is 228 g/mol. The van der Waals surface area contributed by atoms with Crippen LogP contribution in [0.5, 0.6) is 0 Å². The first kappa shape index (κ1) is 12.9. The normalized spacial score (nSPS) is 10.2. The third-order valence-electron chi connectivity index (χ3n) is 1.98. The highest BCUT2D eigenvalue weighted by Gasteiger charge is 2.15. The molecule has 1 heterocycles. The molecular formula is C10H16N2O3S. The van der Waals surface area contributed by atoms with E-state index >= 15 is 0 Å². The van der Waals surface area contributed by atoms with Crippen LogP contribution in [0, 0.1) is 6.92 Å². The van der Waals surface area contributed by atoms with Gasteiger partial charge in [-0.3, -0.25) is 0 Å². The van der Waals surface area contributed by atoms with Crippen molar-refractivity contribution in [2.75, 3.05) is 32.7 Å². The van der Waals surface area contributed by atoms with Gasteiger partial charge in [-0.2, -0.15) is 0 Å². The maximum Gasteiger partial charge on any atom is 0.357 e. The summed E-state index contributed by atoms with van der Waals surface area (Å²) in [4.78, 5) is 16.3. The third kappa shape index (κ3) is 3.46. The lowest BCUT2D eigenvalue weighted by molar-refractivity contribution is 0.0594. The summed E-state index contributed by atoms with van der Waals surface area (Å²) >= 11 is 1.45. The van der Waals surface area contributed by atoms with Crippen molar-refractivity contribution in [1.82, 2.24) is 4.98 Å². The Labute approximate surface area is 98.8 Å². The molecule has 0 radical (unpaired) electrons. The van der Waals surface area contributed by atoms with Crippen LogP contribution < -0.4 is 5.32 Å². The number of methoxy groups -OCH3 is 2. The fourth-order valence-corrected chi connectivity index (χ4v) is 2.00. The van der Waals surface area contributed by atoms with Crippen LogP contribution in [0.2, 0.25) is 0 Å². The van der Waals surface area contributed by atoms with Gasteiger partial charge < -0.3 is 14.8 Å². The topological polar surface area (TPSA) is 60.5 Å². The fraction of sp³-hybridized carbons (Fsp3) is 0.600. The molecule has 0 saturated heterocycles. The second kappa shape index (κ2) is 6.44. The summed E-state index contributed by atoms with van der Waals surface area (Å²) < 4.78 is 9.56. The number of nitrogens with zero attached hydrogens (tertiary/aromatic N) is 1. The number of anilines is 1. The van der Waals surface area contributed by atoms with Gasteiger partial charge >= 0.3 is 5.97 Å². The molecule has 1 N–H and O–H groups in total. The molecule has 1 aromatic rings. The van der Waals surface area contributed by atoms with E-state index in [1.807, 2.05) is 6.92 Å². The van der Waals surface area contributed by atoms with E-state index in [2.05, 4.69) is 15.0 Å². The summed E-state index contributed by atoms with van der Waals surface area (Å²) in [5.74, 6) is -0.390. The van der Waals surface area contributed by atoms with Gasteiger partial charge in [0.15, 0.2) is 10.8 Å². The van der Waals surface area contributed by atoms with Crippen LogP contribution in [0.15, 0.2) is 0 Å². The quantitative estimate of drug-likeness (QED) is 0.609. The zero-order chi connectivity index (χ0) is 12.0. The highest BCUT2D eigenvalue weighted by molar-refractivity contribution is 7.15. The van der Waals surface area contributed by atoms with E-state index in [0.29, 0.717) is 12.3 Å². The monoisotopic (exact) mass is 244 g/mol. The highest BCUT2D eigenvalue weighted by atomic mass is 32.1. The minimum absolute atomic E-state index is 0.390. The van der Waals surface area contributed by atoms with E-state index in [1.54, 1.807) is 7.11 Å². The van der Waals surface area contributed by atoms with Gasteiger partial charge in [-0.1, -0.05) is 0 Å². The Bertz CT molecular complexity index is 352. The summed E-state index contributed by atoms with van der Waals surface area (Å²) in [6.45, 7) is 3.34. The van der Waals surface area contributed by atoms with Crippen LogP contribution in [0.25, 0.3) is 0 Å². The number of aromatic nitrogens is 1. The van der Waals surface area contributed by atoms with Crippen molar-refractivity contribution in [2.45, 2.75) is 13.3 Å². The molecule has 0 aliphatic carbocycles. The van der Waals surface area contributed by atoms with Gasteiger partial charge in [-0.05, 0) is 13.3 Å². The Kier molecular flexibility index (Phi) is 5.21. The summed E-state index contributed by atoms with van der Waals surface area (Å²) in [6, 6.07) is 0. The van der Waals surface area contributed by atoms with Crippen LogP contribution in [-0.4, -0.2) is 38.3 Å². The molecule has 0 saturated carbocycles. The van der Waals surface area contributed by atoms with E-state index in [9.17, 15) is 4.79 Å². The van der Waals surface area contributed by atoms with Crippen molar-refractivity contribution < 1.29 is 14.3 Å². The van der Waals surface area contributed by atoms with Crippen molar-refractivity contribution in [3.63, 3.8) is 0 Å². The summed E-state index contributed by atoms with van der Waals surface area (Å²) in [5, 5.41) is 3.88. The van der Waals surface area contributed by atoms with Crippen molar-refractivity contribution in [2.24, 2.45) is 0 Å². The SMILES string of the molecule is COCCCNc1nc(C(=O)OC)c(C)s1. The second-order valence-corrected chi connectivity index (χ2v) is 4.39. The van der Waals surface area contributed by atoms with Crippen LogP contribution in [-0.2, 0) is 9.47 Å². The molecule has 16 heavy (non-hydrogen) atoms. The smallest absolute Gasteiger partial charge is 0.357 e. The average Bonchev–Trinajstić information content (AvgIpc) is 2.65. The first-order valence-electron chi connectivity index (χ1n) is 4.97. The Morgan fingerprint density at radius 2 is 2.25 bits per heavy atom. The molecule has 0 amide bonds. The molecule has 5 nitrogen and oxygen atoms in total. The van der Waals surface area contributed by atoms with Crippen LogP contribution in [0.1, 0.15) is 21.8 Å².